The van der Waals surface area contributed by atoms with E-state index in [0.717, 1.165) is 12.5 Å². The van der Waals surface area contributed by atoms with E-state index in [4.69, 9.17) is 10.5 Å². The Kier molecular flexibility index (Phi) is 4.74. The number of nitro benzene ring substituents is 1. The van der Waals surface area contributed by atoms with Gasteiger partial charge in [0.15, 0.2) is 0 Å². The number of hydrogen-bond donors (Lipinski definition) is 1. The average Bonchev–Trinajstić information content (AvgIpc) is 3.20. The van der Waals surface area contributed by atoms with Crippen molar-refractivity contribution in [1.29, 1.82) is 0 Å². The zero-order chi connectivity index (χ0) is 21.4. The van der Waals surface area contributed by atoms with Crippen molar-refractivity contribution in [1.82, 2.24) is 9.55 Å². The molecule has 2 N–H and O–H groups in total. The fourth-order valence-corrected chi connectivity index (χ4v) is 3.45. The summed E-state index contributed by atoms with van der Waals surface area (Å²) in [6.45, 7) is 0.265. The average molecular weight is 408 g/mol. The summed E-state index contributed by atoms with van der Waals surface area (Å²) in [5.74, 6) is -0.830. The van der Waals surface area contributed by atoms with Crippen LogP contribution in [0.1, 0.15) is 38.5 Å². The number of aryl methyl sites for hydroxylation is 1. The summed E-state index contributed by atoms with van der Waals surface area (Å²) in [6, 6.07) is 8.14. The SMILES string of the molecule is NC(=O)c1ccc(COC(=O)c2ccc3c(=O)n4c(nc3c2)CCC4)c([N+](=O)[O-])c1. The number of fused-ring (bicyclic) bond motifs is 2. The number of primary amides is 1. The van der Waals surface area contributed by atoms with E-state index in [0.29, 0.717) is 29.7 Å². The molecular weight excluding hydrogens is 392 g/mol. The first-order valence-electron chi connectivity index (χ1n) is 9.13. The van der Waals surface area contributed by atoms with Crippen LogP contribution >= 0.6 is 0 Å². The Labute approximate surface area is 169 Å². The molecule has 2 heterocycles. The molecule has 30 heavy (non-hydrogen) atoms. The van der Waals surface area contributed by atoms with Crippen LogP contribution < -0.4 is 11.3 Å². The third kappa shape index (κ3) is 3.39. The van der Waals surface area contributed by atoms with Crippen molar-refractivity contribution in [2.45, 2.75) is 26.0 Å². The molecule has 0 bridgehead atoms. The fraction of sp³-hybridized carbons (Fsp3) is 0.200. The van der Waals surface area contributed by atoms with E-state index in [9.17, 15) is 24.5 Å². The second-order valence-electron chi connectivity index (χ2n) is 6.86. The summed E-state index contributed by atoms with van der Waals surface area (Å²) >= 11 is 0. The molecule has 1 aliphatic rings. The van der Waals surface area contributed by atoms with Gasteiger partial charge in [0.1, 0.15) is 12.4 Å². The molecule has 0 saturated heterocycles. The minimum Gasteiger partial charge on any atom is -0.457 e. The third-order valence-corrected chi connectivity index (χ3v) is 4.98. The zero-order valence-corrected chi connectivity index (χ0v) is 15.7. The molecule has 0 fully saturated rings. The Morgan fingerprint density at radius 3 is 2.70 bits per heavy atom. The number of hydrogen-bond acceptors (Lipinski definition) is 7. The highest BCUT2D eigenvalue weighted by Gasteiger charge is 2.20. The maximum absolute atomic E-state index is 12.5. The maximum Gasteiger partial charge on any atom is 0.338 e. The molecule has 1 aromatic heterocycles. The minimum atomic E-state index is -0.798. The van der Waals surface area contributed by atoms with Crippen LogP contribution in [0.3, 0.4) is 0 Å². The van der Waals surface area contributed by atoms with E-state index >= 15 is 0 Å². The van der Waals surface area contributed by atoms with E-state index in [1.165, 1.54) is 30.3 Å². The molecule has 0 unspecified atom stereocenters. The molecular formula is C20H16N4O6. The Hall–Kier alpha value is -4.08. The lowest BCUT2D eigenvalue weighted by Crippen LogP contribution is -2.21. The zero-order valence-electron chi connectivity index (χ0n) is 15.7. The number of carbonyl (C=O) groups excluding carboxylic acids is 2. The van der Waals surface area contributed by atoms with Crippen molar-refractivity contribution in [2.24, 2.45) is 5.73 Å². The predicted octanol–water partition coefficient (Wildman–Crippen LogP) is 1.71. The fourth-order valence-electron chi connectivity index (χ4n) is 3.45. The molecule has 3 aromatic rings. The number of aromatic nitrogens is 2. The number of nitrogens with two attached hydrogens (primary N) is 1. The third-order valence-electron chi connectivity index (χ3n) is 4.98. The largest absolute Gasteiger partial charge is 0.457 e. The first kappa shape index (κ1) is 19.2. The Bertz CT molecular complexity index is 1280. The van der Waals surface area contributed by atoms with Crippen molar-refractivity contribution in [3.05, 3.63) is 79.4 Å². The van der Waals surface area contributed by atoms with Gasteiger partial charge in [0.2, 0.25) is 5.91 Å². The molecule has 4 rings (SSSR count). The molecule has 0 aliphatic carbocycles. The number of carbonyl (C=O) groups is 2. The normalized spacial score (nSPS) is 12.5. The van der Waals surface area contributed by atoms with Crippen LogP contribution in [0.5, 0.6) is 0 Å². The molecule has 10 heteroatoms. The maximum atomic E-state index is 12.5. The number of rotatable bonds is 5. The molecule has 0 saturated carbocycles. The highest BCUT2D eigenvalue weighted by molar-refractivity contribution is 5.94. The van der Waals surface area contributed by atoms with Gasteiger partial charge in [-0.3, -0.25) is 24.3 Å². The van der Waals surface area contributed by atoms with Crippen LogP contribution in [0.25, 0.3) is 10.9 Å². The Balaban J connectivity index is 1.58. The smallest absolute Gasteiger partial charge is 0.338 e. The second kappa shape index (κ2) is 7.39. The van der Waals surface area contributed by atoms with Crippen LogP contribution in [-0.2, 0) is 24.3 Å². The summed E-state index contributed by atoms with van der Waals surface area (Å²) in [5, 5.41) is 11.7. The highest BCUT2D eigenvalue weighted by Crippen LogP contribution is 2.22. The van der Waals surface area contributed by atoms with Crippen LogP contribution in [0.15, 0.2) is 41.2 Å². The van der Waals surface area contributed by atoms with Crippen molar-refractivity contribution < 1.29 is 19.2 Å². The summed E-state index contributed by atoms with van der Waals surface area (Å²) in [6.07, 6.45) is 1.55. The monoisotopic (exact) mass is 408 g/mol. The van der Waals surface area contributed by atoms with E-state index in [1.54, 1.807) is 4.57 Å². The number of benzene rings is 2. The molecule has 0 atom stereocenters. The standard InChI is InChI=1S/C20H16N4O6/c21-18(25)11-3-4-13(16(9-11)24(28)29)10-30-20(27)12-5-6-14-15(8-12)22-17-2-1-7-23(17)19(14)26/h3-6,8-9H,1-2,7,10H2,(H2,21,25). The molecule has 10 nitrogen and oxygen atoms in total. The number of amides is 1. The number of nitrogens with zero attached hydrogens (tertiary/aromatic N) is 3. The van der Waals surface area contributed by atoms with Gasteiger partial charge < -0.3 is 10.5 Å². The summed E-state index contributed by atoms with van der Waals surface area (Å²) in [5.41, 5.74) is 5.31. The lowest BCUT2D eigenvalue weighted by atomic mass is 10.1. The van der Waals surface area contributed by atoms with E-state index in [-0.39, 0.29) is 34.5 Å². The molecule has 0 spiro atoms. The summed E-state index contributed by atoms with van der Waals surface area (Å²) in [7, 11) is 0. The van der Waals surface area contributed by atoms with Gasteiger partial charge in [0.25, 0.3) is 11.2 Å². The van der Waals surface area contributed by atoms with Gasteiger partial charge >= 0.3 is 5.97 Å². The lowest BCUT2D eigenvalue weighted by Gasteiger charge is -2.08. The molecule has 1 amide bonds. The lowest BCUT2D eigenvalue weighted by molar-refractivity contribution is -0.385. The molecule has 0 radical (unpaired) electrons. The van der Waals surface area contributed by atoms with Gasteiger partial charge in [-0.15, -0.1) is 0 Å². The molecule has 1 aliphatic heterocycles. The van der Waals surface area contributed by atoms with Crippen molar-refractivity contribution in [3.8, 4) is 0 Å². The predicted molar refractivity (Wildman–Crippen MR) is 105 cm³/mol. The van der Waals surface area contributed by atoms with Gasteiger partial charge in [0, 0.05) is 24.6 Å². The first-order chi connectivity index (χ1) is 14.3. The van der Waals surface area contributed by atoms with Gasteiger partial charge in [0.05, 0.1) is 27.0 Å². The van der Waals surface area contributed by atoms with E-state index in [2.05, 4.69) is 4.98 Å². The molecule has 152 valence electrons. The van der Waals surface area contributed by atoms with E-state index in [1.807, 2.05) is 0 Å². The number of nitro groups is 1. The van der Waals surface area contributed by atoms with Crippen LogP contribution in [-0.4, -0.2) is 26.4 Å². The highest BCUT2D eigenvalue weighted by atomic mass is 16.6. The van der Waals surface area contributed by atoms with Crippen LogP contribution in [0.4, 0.5) is 5.69 Å². The summed E-state index contributed by atoms with van der Waals surface area (Å²) < 4.78 is 6.84. The van der Waals surface area contributed by atoms with Crippen molar-refractivity contribution >= 4 is 28.5 Å². The Morgan fingerprint density at radius 1 is 1.20 bits per heavy atom. The van der Waals surface area contributed by atoms with E-state index < -0.39 is 16.8 Å². The van der Waals surface area contributed by atoms with Crippen molar-refractivity contribution in [3.63, 3.8) is 0 Å². The van der Waals surface area contributed by atoms with Gasteiger partial charge in [-0.2, -0.15) is 0 Å². The van der Waals surface area contributed by atoms with Crippen LogP contribution in [0, 0.1) is 10.1 Å². The van der Waals surface area contributed by atoms with Crippen molar-refractivity contribution in [2.75, 3.05) is 0 Å². The first-order valence-corrected chi connectivity index (χ1v) is 9.13. The second-order valence-corrected chi connectivity index (χ2v) is 6.86. The van der Waals surface area contributed by atoms with Crippen LogP contribution in [0.2, 0.25) is 0 Å². The summed E-state index contributed by atoms with van der Waals surface area (Å²) in [4.78, 5) is 51.2. The number of ether oxygens (including phenoxy) is 1. The molecule has 2 aromatic carbocycles. The van der Waals surface area contributed by atoms with Gasteiger partial charge in [-0.1, -0.05) is 0 Å². The Morgan fingerprint density at radius 2 is 1.97 bits per heavy atom. The van der Waals surface area contributed by atoms with Gasteiger partial charge in [-0.05, 0) is 36.8 Å². The number of esters is 1. The minimum absolute atomic E-state index is 0.0174. The quantitative estimate of drug-likeness (QED) is 0.384. The topological polar surface area (TPSA) is 147 Å². The van der Waals surface area contributed by atoms with Gasteiger partial charge in [-0.25, -0.2) is 9.78 Å².